The number of carbonyl (C=O) groups excluding carboxylic acids is 1. The van der Waals surface area contributed by atoms with Gasteiger partial charge in [0.25, 0.3) is 0 Å². The van der Waals surface area contributed by atoms with E-state index in [-0.39, 0.29) is 18.5 Å². The maximum absolute atomic E-state index is 12.6. The summed E-state index contributed by atoms with van der Waals surface area (Å²) in [5.41, 5.74) is 4.69. The number of methoxy groups -OCH3 is 1. The minimum atomic E-state index is -0.262. The SMILES string of the molecule is CCC(C)OC(=O)Cc1c(C)n(C(=S)c2ccc(C)cc2)c2cc(Cl)c(OC)cc12. The number of aromatic nitrogens is 1. The molecule has 3 rings (SSSR count). The average Bonchev–Trinajstić information content (AvgIpc) is 2.97. The van der Waals surface area contributed by atoms with Crippen LogP contribution in [0.1, 0.15) is 42.7 Å². The standard InChI is InChI=1S/C24H26ClNO3S/c1-6-15(3)29-23(27)12-18-16(4)26(24(30)17-9-7-14(2)8-10-17)21-13-20(25)22(28-5)11-19(18)21/h7-11,13,15H,6,12H2,1-5H3. The molecule has 0 aliphatic rings. The van der Waals surface area contributed by atoms with E-state index in [9.17, 15) is 4.79 Å². The predicted octanol–water partition coefficient (Wildman–Crippen LogP) is 6.03. The van der Waals surface area contributed by atoms with Crippen molar-refractivity contribution in [2.45, 2.75) is 46.6 Å². The number of carbonyl (C=O) groups is 1. The van der Waals surface area contributed by atoms with Gasteiger partial charge in [0.2, 0.25) is 0 Å². The Morgan fingerprint density at radius 1 is 1.20 bits per heavy atom. The number of nitrogens with zero attached hydrogens (tertiary/aromatic N) is 1. The molecule has 3 aromatic rings. The number of rotatable bonds is 6. The van der Waals surface area contributed by atoms with Gasteiger partial charge in [-0.3, -0.25) is 4.79 Å². The molecule has 0 saturated carbocycles. The average molecular weight is 444 g/mol. The number of thiocarbonyl (C=S) groups is 1. The molecule has 0 amide bonds. The largest absolute Gasteiger partial charge is 0.495 e. The highest BCUT2D eigenvalue weighted by Crippen LogP contribution is 2.35. The molecule has 1 aromatic heterocycles. The molecule has 1 heterocycles. The number of fused-ring (bicyclic) bond motifs is 1. The van der Waals surface area contributed by atoms with Crippen molar-refractivity contribution >= 4 is 45.7 Å². The van der Waals surface area contributed by atoms with Gasteiger partial charge in [0, 0.05) is 16.6 Å². The van der Waals surface area contributed by atoms with E-state index in [0.717, 1.165) is 39.7 Å². The van der Waals surface area contributed by atoms with E-state index in [1.807, 2.05) is 68.7 Å². The first-order valence-electron chi connectivity index (χ1n) is 9.95. The van der Waals surface area contributed by atoms with Crippen LogP contribution in [0.4, 0.5) is 0 Å². The van der Waals surface area contributed by atoms with Crippen molar-refractivity contribution in [2.24, 2.45) is 0 Å². The Balaban J connectivity index is 2.16. The van der Waals surface area contributed by atoms with Gasteiger partial charge in [-0.2, -0.15) is 0 Å². The summed E-state index contributed by atoms with van der Waals surface area (Å²) in [7, 11) is 1.57. The van der Waals surface area contributed by atoms with Crippen LogP contribution in [0.5, 0.6) is 5.75 Å². The molecule has 2 aromatic carbocycles. The highest BCUT2D eigenvalue weighted by molar-refractivity contribution is 7.80. The zero-order valence-corrected chi connectivity index (χ0v) is 19.5. The molecule has 30 heavy (non-hydrogen) atoms. The second-order valence-corrected chi connectivity index (χ2v) is 8.25. The zero-order chi connectivity index (χ0) is 22.0. The van der Waals surface area contributed by atoms with Crippen LogP contribution in [0.2, 0.25) is 5.02 Å². The number of halogens is 1. The number of ether oxygens (including phenoxy) is 2. The molecule has 0 spiro atoms. The maximum Gasteiger partial charge on any atom is 0.310 e. The topological polar surface area (TPSA) is 40.5 Å². The second kappa shape index (κ2) is 9.19. The van der Waals surface area contributed by atoms with Gasteiger partial charge in [-0.25, -0.2) is 0 Å². The third-order valence-electron chi connectivity index (χ3n) is 5.34. The van der Waals surface area contributed by atoms with Gasteiger partial charge in [0.05, 0.1) is 30.2 Å². The van der Waals surface area contributed by atoms with Crippen LogP contribution in [0.15, 0.2) is 36.4 Å². The molecular weight excluding hydrogens is 418 g/mol. The lowest BCUT2D eigenvalue weighted by atomic mass is 10.1. The van der Waals surface area contributed by atoms with E-state index < -0.39 is 0 Å². The number of aryl methyl sites for hydroxylation is 1. The Hall–Kier alpha value is -2.37. The van der Waals surface area contributed by atoms with Crippen LogP contribution < -0.4 is 4.74 Å². The van der Waals surface area contributed by atoms with Gasteiger partial charge in [0.1, 0.15) is 10.7 Å². The Morgan fingerprint density at radius 3 is 2.47 bits per heavy atom. The first-order valence-corrected chi connectivity index (χ1v) is 10.7. The fourth-order valence-corrected chi connectivity index (χ4v) is 4.05. The van der Waals surface area contributed by atoms with Crippen molar-refractivity contribution in [3.05, 3.63) is 63.8 Å². The Morgan fingerprint density at radius 2 is 1.87 bits per heavy atom. The smallest absolute Gasteiger partial charge is 0.310 e. The summed E-state index contributed by atoms with van der Waals surface area (Å²) in [5, 5.41) is 1.37. The van der Waals surface area contributed by atoms with Crippen molar-refractivity contribution in [1.29, 1.82) is 0 Å². The fraction of sp³-hybridized carbons (Fsp3) is 0.333. The first kappa shape index (κ1) is 22.3. The highest BCUT2D eigenvalue weighted by atomic mass is 35.5. The van der Waals surface area contributed by atoms with Gasteiger partial charge in [-0.1, -0.05) is 60.6 Å². The number of benzene rings is 2. The normalized spacial score (nSPS) is 12.1. The molecule has 0 saturated heterocycles. The molecule has 0 aliphatic carbocycles. The molecule has 0 aliphatic heterocycles. The Kier molecular flexibility index (Phi) is 6.84. The summed E-state index contributed by atoms with van der Waals surface area (Å²) in [6.07, 6.45) is 0.803. The molecule has 1 atom stereocenters. The lowest BCUT2D eigenvalue weighted by molar-refractivity contribution is -0.147. The quantitative estimate of drug-likeness (QED) is 0.344. The number of hydrogen-bond acceptors (Lipinski definition) is 4. The van der Waals surface area contributed by atoms with Gasteiger partial charge in [-0.05, 0) is 44.9 Å². The summed E-state index contributed by atoms with van der Waals surface area (Å²) in [4.78, 5) is 13.2. The van der Waals surface area contributed by atoms with Crippen LogP contribution >= 0.6 is 23.8 Å². The third-order valence-corrected chi connectivity index (χ3v) is 6.05. The van der Waals surface area contributed by atoms with E-state index in [1.54, 1.807) is 7.11 Å². The Bertz CT molecular complexity index is 1100. The molecule has 0 radical (unpaired) electrons. The van der Waals surface area contributed by atoms with Crippen LogP contribution in [-0.2, 0) is 16.0 Å². The maximum atomic E-state index is 12.6. The summed E-state index contributed by atoms with van der Waals surface area (Å²) < 4.78 is 12.9. The van der Waals surface area contributed by atoms with Gasteiger partial charge in [-0.15, -0.1) is 0 Å². The summed E-state index contributed by atoms with van der Waals surface area (Å²) in [6.45, 7) is 7.88. The summed E-state index contributed by atoms with van der Waals surface area (Å²) >= 11 is 12.3. The molecule has 158 valence electrons. The van der Waals surface area contributed by atoms with Crippen molar-refractivity contribution in [1.82, 2.24) is 4.57 Å². The van der Waals surface area contributed by atoms with E-state index >= 15 is 0 Å². The van der Waals surface area contributed by atoms with E-state index in [2.05, 4.69) is 0 Å². The lowest BCUT2D eigenvalue weighted by Gasteiger charge is -2.12. The molecule has 1 unspecified atom stereocenters. The zero-order valence-electron chi connectivity index (χ0n) is 17.9. The van der Waals surface area contributed by atoms with Crippen LogP contribution in [0.25, 0.3) is 10.9 Å². The number of esters is 1. The van der Waals surface area contributed by atoms with E-state index in [1.165, 1.54) is 0 Å². The van der Waals surface area contributed by atoms with E-state index in [0.29, 0.717) is 15.8 Å². The van der Waals surface area contributed by atoms with Crippen molar-refractivity contribution < 1.29 is 14.3 Å². The summed E-state index contributed by atoms with van der Waals surface area (Å²) in [6, 6.07) is 11.8. The lowest BCUT2D eigenvalue weighted by Crippen LogP contribution is -2.17. The van der Waals surface area contributed by atoms with Crippen molar-refractivity contribution in [3.63, 3.8) is 0 Å². The fourth-order valence-electron chi connectivity index (χ4n) is 3.44. The summed E-state index contributed by atoms with van der Waals surface area (Å²) in [5.74, 6) is 0.292. The molecule has 6 heteroatoms. The third kappa shape index (κ3) is 4.37. The van der Waals surface area contributed by atoms with Gasteiger partial charge >= 0.3 is 5.97 Å². The Labute approximate surface area is 187 Å². The van der Waals surface area contributed by atoms with Crippen LogP contribution in [-0.4, -0.2) is 28.7 Å². The second-order valence-electron chi connectivity index (χ2n) is 7.46. The molecule has 4 nitrogen and oxygen atoms in total. The number of hydrogen-bond donors (Lipinski definition) is 0. The molecule has 0 fully saturated rings. The van der Waals surface area contributed by atoms with Crippen molar-refractivity contribution in [3.8, 4) is 5.75 Å². The van der Waals surface area contributed by atoms with Gasteiger partial charge in [0.15, 0.2) is 0 Å². The predicted molar refractivity (Wildman–Crippen MR) is 126 cm³/mol. The minimum absolute atomic E-state index is 0.122. The monoisotopic (exact) mass is 443 g/mol. The van der Waals surface area contributed by atoms with Crippen molar-refractivity contribution in [2.75, 3.05) is 7.11 Å². The van der Waals surface area contributed by atoms with Crippen LogP contribution in [0, 0.1) is 13.8 Å². The molecule has 0 N–H and O–H groups in total. The first-order chi connectivity index (χ1) is 14.3. The minimum Gasteiger partial charge on any atom is -0.495 e. The highest BCUT2D eigenvalue weighted by Gasteiger charge is 2.22. The van der Waals surface area contributed by atoms with Gasteiger partial charge < -0.3 is 14.0 Å². The van der Waals surface area contributed by atoms with Crippen LogP contribution in [0.3, 0.4) is 0 Å². The molecular formula is C24H26ClNO3S. The molecule has 0 bridgehead atoms. The van der Waals surface area contributed by atoms with E-state index in [4.69, 9.17) is 33.3 Å².